The Morgan fingerprint density at radius 3 is 2.54 bits per heavy atom. The average molecular weight is 349 g/mol. The van der Waals surface area contributed by atoms with E-state index in [1.807, 2.05) is 30.3 Å². The molecule has 0 spiro atoms. The molecule has 4 rings (SSSR count). The molecule has 0 bridgehead atoms. The van der Waals surface area contributed by atoms with Gasteiger partial charge >= 0.3 is 0 Å². The SMILES string of the molecule is COc1ccc(-c2ccc3c(c2O)C(C)NC(C)C3)c2cccc(O)c12. The van der Waals surface area contributed by atoms with Crippen molar-refractivity contribution in [3.8, 4) is 28.4 Å². The third kappa shape index (κ3) is 2.49. The molecule has 2 unspecified atom stereocenters. The molecule has 1 aliphatic rings. The molecule has 0 aromatic heterocycles. The quantitative estimate of drug-likeness (QED) is 0.636. The summed E-state index contributed by atoms with van der Waals surface area (Å²) in [5.41, 5.74) is 3.79. The maximum atomic E-state index is 11.1. The van der Waals surface area contributed by atoms with Crippen LogP contribution >= 0.6 is 0 Å². The van der Waals surface area contributed by atoms with Gasteiger partial charge in [0, 0.05) is 23.2 Å². The minimum absolute atomic E-state index is 0.0895. The van der Waals surface area contributed by atoms with E-state index in [4.69, 9.17) is 4.74 Å². The van der Waals surface area contributed by atoms with Gasteiger partial charge in [0.1, 0.15) is 17.2 Å². The third-order valence-electron chi connectivity index (χ3n) is 5.29. The first-order valence-corrected chi connectivity index (χ1v) is 8.91. The first-order chi connectivity index (χ1) is 12.5. The van der Waals surface area contributed by atoms with Gasteiger partial charge in [0.15, 0.2) is 0 Å². The highest BCUT2D eigenvalue weighted by molar-refractivity contribution is 6.04. The van der Waals surface area contributed by atoms with Gasteiger partial charge in [0.2, 0.25) is 0 Å². The Morgan fingerprint density at radius 1 is 1.00 bits per heavy atom. The van der Waals surface area contributed by atoms with Crippen molar-refractivity contribution >= 4 is 10.8 Å². The van der Waals surface area contributed by atoms with E-state index in [-0.39, 0.29) is 11.8 Å². The molecule has 26 heavy (non-hydrogen) atoms. The van der Waals surface area contributed by atoms with Gasteiger partial charge in [-0.2, -0.15) is 0 Å². The number of ether oxygens (including phenoxy) is 1. The number of hydrogen-bond donors (Lipinski definition) is 3. The monoisotopic (exact) mass is 349 g/mol. The molecule has 1 heterocycles. The Morgan fingerprint density at radius 2 is 1.77 bits per heavy atom. The van der Waals surface area contributed by atoms with Crippen LogP contribution in [0, 0.1) is 0 Å². The van der Waals surface area contributed by atoms with Crippen molar-refractivity contribution < 1.29 is 14.9 Å². The second-order valence-electron chi connectivity index (χ2n) is 7.04. The maximum absolute atomic E-state index is 11.1. The van der Waals surface area contributed by atoms with Crippen LogP contribution in [-0.4, -0.2) is 23.4 Å². The Labute approximate surface area is 153 Å². The van der Waals surface area contributed by atoms with Gasteiger partial charge in [-0.1, -0.05) is 24.3 Å². The molecule has 3 N–H and O–H groups in total. The van der Waals surface area contributed by atoms with E-state index in [0.29, 0.717) is 22.9 Å². The summed E-state index contributed by atoms with van der Waals surface area (Å²) in [4.78, 5) is 0. The van der Waals surface area contributed by atoms with Gasteiger partial charge in [-0.25, -0.2) is 0 Å². The Hall–Kier alpha value is -2.72. The summed E-state index contributed by atoms with van der Waals surface area (Å²) in [7, 11) is 1.59. The molecule has 3 aromatic rings. The van der Waals surface area contributed by atoms with E-state index >= 15 is 0 Å². The van der Waals surface area contributed by atoms with Crippen LogP contribution in [0.25, 0.3) is 21.9 Å². The van der Waals surface area contributed by atoms with Crippen LogP contribution in [-0.2, 0) is 6.42 Å². The smallest absolute Gasteiger partial charge is 0.130 e. The van der Waals surface area contributed by atoms with Gasteiger partial charge < -0.3 is 20.3 Å². The van der Waals surface area contributed by atoms with Crippen LogP contribution in [0.2, 0.25) is 0 Å². The zero-order valence-electron chi connectivity index (χ0n) is 15.2. The van der Waals surface area contributed by atoms with Crippen molar-refractivity contribution in [2.24, 2.45) is 0 Å². The number of phenols is 2. The summed E-state index contributed by atoms with van der Waals surface area (Å²) in [6.07, 6.45) is 0.900. The largest absolute Gasteiger partial charge is 0.507 e. The molecule has 4 heteroatoms. The molecule has 0 radical (unpaired) electrons. The molecule has 2 atom stereocenters. The normalized spacial score (nSPS) is 19.3. The summed E-state index contributed by atoms with van der Waals surface area (Å²) < 4.78 is 5.42. The Bertz CT molecular complexity index is 996. The average Bonchev–Trinajstić information content (AvgIpc) is 2.61. The standard InChI is InChI=1S/C22H23NO3/c1-12-11-14-7-8-17(22(25)20(14)13(2)23-12)15-9-10-19(26-3)21-16(15)5-4-6-18(21)24/h4-10,12-13,23-25H,11H2,1-3H3. The number of phenolic OH excluding ortho intramolecular Hbond substituents is 2. The van der Waals surface area contributed by atoms with Gasteiger partial charge in [0.05, 0.1) is 12.5 Å². The maximum Gasteiger partial charge on any atom is 0.130 e. The molecule has 0 saturated heterocycles. The fourth-order valence-corrected chi connectivity index (χ4v) is 4.19. The number of nitrogens with one attached hydrogen (secondary N) is 1. The van der Waals surface area contributed by atoms with Crippen LogP contribution in [0.15, 0.2) is 42.5 Å². The van der Waals surface area contributed by atoms with Gasteiger partial charge in [-0.3, -0.25) is 0 Å². The molecule has 134 valence electrons. The van der Waals surface area contributed by atoms with Gasteiger partial charge in [-0.05, 0) is 55.0 Å². The van der Waals surface area contributed by atoms with Crippen LogP contribution in [0.1, 0.15) is 31.0 Å². The van der Waals surface area contributed by atoms with Gasteiger partial charge in [0.25, 0.3) is 0 Å². The number of aromatic hydroxyl groups is 2. The minimum atomic E-state index is 0.0895. The molecule has 1 aliphatic heterocycles. The molecule has 0 fully saturated rings. The summed E-state index contributed by atoms with van der Waals surface area (Å²) in [5.74, 6) is 1.09. The summed E-state index contributed by atoms with van der Waals surface area (Å²) >= 11 is 0. The highest BCUT2D eigenvalue weighted by Crippen LogP contribution is 2.45. The summed E-state index contributed by atoms with van der Waals surface area (Å²) in [6.45, 7) is 4.24. The lowest BCUT2D eigenvalue weighted by molar-refractivity contribution is 0.410. The summed E-state index contributed by atoms with van der Waals surface area (Å²) in [5, 5.41) is 26.4. The van der Waals surface area contributed by atoms with Crippen molar-refractivity contribution in [2.75, 3.05) is 7.11 Å². The fraction of sp³-hybridized carbons (Fsp3) is 0.273. The highest BCUT2D eigenvalue weighted by atomic mass is 16.5. The van der Waals surface area contributed by atoms with Gasteiger partial charge in [-0.15, -0.1) is 0 Å². The first kappa shape index (κ1) is 16.7. The second-order valence-corrected chi connectivity index (χ2v) is 7.04. The molecule has 0 aliphatic carbocycles. The van der Waals surface area contributed by atoms with Crippen molar-refractivity contribution in [2.45, 2.75) is 32.4 Å². The summed E-state index contributed by atoms with van der Waals surface area (Å²) in [6, 6.07) is 13.7. The van der Waals surface area contributed by atoms with Crippen LogP contribution in [0.3, 0.4) is 0 Å². The van der Waals surface area contributed by atoms with E-state index in [1.165, 1.54) is 5.56 Å². The molecular formula is C22H23NO3. The third-order valence-corrected chi connectivity index (χ3v) is 5.29. The van der Waals surface area contributed by atoms with Crippen molar-refractivity contribution in [1.29, 1.82) is 0 Å². The molecule has 0 saturated carbocycles. The number of benzene rings is 3. The van der Waals surface area contributed by atoms with Crippen LogP contribution < -0.4 is 10.1 Å². The zero-order chi connectivity index (χ0) is 18.4. The molecule has 0 amide bonds. The number of hydrogen-bond acceptors (Lipinski definition) is 4. The minimum Gasteiger partial charge on any atom is -0.507 e. The number of methoxy groups -OCH3 is 1. The lowest BCUT2D eigenvalue weighted by Gasteiger charge is -2.30. The topological polar surface area (TPSA) is 61.7 Å². The lowest BCUT2D eigenvalue weighted by Crippen LogP contribution is -2.36. The van der Waals surface area contributed by atoms with Crippen LogP contribution in [0.4, 0.5) is 0 Å². The number of rotatable bonds is 2. The predicted octanol–water partition coefficient (Wildman–Crippen LogP) is 4.52. The van der Waals surface area contributed by atoms with Crippen molar-refractivity contribution in [3.05, 3.63) is 53.6 Å². The predicted molar refractivity (Wildman–Crippen MR) is 104 cm³/mol. The second kappa shape index (κ2) is 6.22. The zero-order valence-corrected chi connectivity index (χ0v) is 15.2. The Kier molecular flexibility index (Phi) is 4.00. The Balaban J connectivity index is 1.98. The van der Waals surface area contributed by atoms with E-state index in [9.17, 15) is 10.2 Å². The molecular weight excluding hydrogens is 326 g/mol. The first-order valence-electron chi connectivity index (χ1n) is 8.91. The van der Waals surface area contributed by atoms with Crippen molar-refractivity contribution in [1.82, 2.24) is 5.32 Å². The number of fused-ring (bicyclic) bond motifs is 2. The van der Waals surface area contributed by atoms with E-state index in [0.717, 1.165) is 28.5 Å². The van der Waals surface area contributed by atoms with E-state index < -0.39 is 0 Å². The fourth-order valence-electron chi connectivity index (χ4n) is 4.19. The van der Waals surface area contributed by atoms with E-state index in [2.05, 4.69) is 25.2 Å². The van der Waals surface area contributed by atoms with E-state index in [1.54, 1.807) is 13.2 Å². The van der Waals surface area contributed by atoms with Crippen molar-refractivity contribution in [3.63, 3.8) is 0 Å². The molecule has 3 aromatic carbocycles. The molecule has 4 nitrogen and oxygen atoms in total. The van der Waals surface area contributed by atoms with Crippen LogP contribution in [0.5, 0.6) is 17.2 Å². The lowest BCUT2D eigenvalue weighted by atomic mass is 9.86. The highest BCUT2D eigenvalue weighted by Gasteiger charge is 2.26.